The van der Waals surface area contributed by atoms with Crippen LogP contribution in [0.3, 0.4) is 0 Å². The summed E-state index contributed by atoms with van der Waals surface area (Å²) in [4.78, 5) is 145. The molecule has 0 spiro atoms. The average molecular weight is 2150 g/mol. The predicted molar refractivity (Wildman–Crippen MR) is 468 cm³/mol. The molecule has 0 radical (unpaired) electrons. The molecule has 7 fully saturated rings. The van der Waals surface area contributed by atoms with Gasteiger partial charge in [-0.15, -0.1) is 0 Å². The molecule has 6 bridgehead atoms. The molecule has 17 atom stereocenters. The fourth-order valence-corrected chi connectivity index (χ4v) is 15.2. The van der Waals surface area contributed by atoms with E-state index in [1.54, 1.807) is 16.0 Å². The van der Waals surface area contributed by atoms with E-state index in [1.807, 2.05) is 0 Å². The second kappa shape index (κ2) is 63.2. The first-order valence-corrected chi connectivity index (χ1v) is 47.3. The molecule has 6 aliphatic heterocycles. The summed E-state index contributed by atoms with van der Waals surface area (Å²) < 4.78 is 245. The Hall–Kier alpha value is -8.41. The number of alkyl halides is 9. The SMILES string of the molecule is NC(=O)CCC(NC(=O)[C@H](Cc1cnc[nH]1)NC(=O)CCOC1CC(OCCC(=O)NC(COCCC(=O)NCCOCCOCCOCCOC[C@@]23CO[C@@H](O2)[C@H](NC(=O)C(F)(F)F)[C@@H](O)[C@H]3O)(COCCC(=O)NCCOCCOCCOCCOC[C@@]23CO[C@@H](O2)[C@H](NC(=O)C(F)(F)F)[C@@H](O)[C@H]3O)COCCC(=O)NCCOCCOCCOCCOC[C@@]23CO[C@@H](O2)[C@H](NC(=O)C(F)(F)F)[C@@H](O)[C@H]3O)C1)C(N)=O. The van der Waals surface area contributed by atoms with E-state index in [4.69, 9.17) is 120 Å². The highest BCUT2D eigenvalue weighted by atomic mass is 19.4. The van der Waals surface area contributed by atoms with E-state index >= 15 is 0 Å². The number of primary amides is 2. The summed E-state index contributed by atoms with van der Waals surface area (Å²) in [6, 6.07) is -7.59. The number of ether oxygens (including phenoxy) is 23. The second-order valence-electron chi connectivity index (χ2n) is 34.7. The number of aromatic nitrogens is 2. The summed E-state index contributed by atoms with van der Waals surface area (Å²) in [7, 11) is 0. The van der Waals surface area contributed by atoms with Crippen molar-refractivity contribution >= 4 is 65.0 Å². The van der Waals surface area contributed by atoms with E-state index in [9.17, 15) is 123 Å². The molecule has 1 aromatic rings. The van der Waals surface area contributed by atoms with Crippen LogP contribution in [0.25, 0.3) is 0 Å². The number of halogens is 9. The standard InChI is InChI=1S/C85H134F9N13O40/c86-83(87,88)76(122)104-62-65(114)68(117)80(47-142-73(62)145-80)44-137-34-31-131-28-25-128-22-19-125-16-8-98-57(109)3-11-134-41-79(107-61(113)7-15-141-53-38-52(39-53)140-14-6-60(112)102-55(37-51-40-97-50-101-51)72(121)103-54(71(96)120)1-2-56(95)108,42-135-12-4-58(110)99-9-17-126-20-23-129-26-29-132-32-35-138-45-81-48-143-74(146-81)63(66(115)69(81)118)105-77(123)84(89,90)91)43-136-13-5-59(111)100-10-18-127-21-24-130-27-30-133-33-36-139-46-82-49-144-75(147-82)64(67(116)70(82)119)106-78(124)85(92,93)94/h40,50,52-55,62-70,73-75,114-119H,1-39,41-49H2,(H2,95,108)(H2,96,120)(H,97,101)(H,98,109)(H,99,110)(H,100,111)(H,102,112)(H,103,121)(H,104,122)(H,105,123)(H,106,124)(H,107,113)/t52?,53?,54?,55-,62+,63+,64+,65+,66+,67+,68+,69+,70+,73-,74-,75-,80-,81-,82-/m0/s1. The fourth-order valence-electron chi connectivity index (χ4n) is 15.2. The number of aromatic amines is 1. The number of aliphatic hydroxyl groups is 6. The molecule has 1 saturated carbocycles. The predicted octanol–water partition coefficient (Wildman–Crippen LogP) is -8.68. The Bertz CT molecular complexity index is 3860. The summed E-state index contributed by atoms with van der Waals surface area (Å²) in [6.07, 6.45) is -29.9. The van der Waals surface area contributed by atoms with E-state index in [1.165, 1.54) is 12.5 Å². The minimum absolute atomic E-state index is 0.0334. The summed E-state index contributed by atoms with van der Waals surface area (Å²) in [5.41, 5.74) is 4.71. The van der Waals surface area contributed by atoms with E-state index < -0.39 is 192 Å². The maximum absolute atomic E-state index is 14.1. The Kier molecular flexibility index (Phi) is 53.2. The summed E-state index contributed by atoms with van der Waals surface area (Å²) in [5.74, 6) is -12.0. The van der Waals surface area contributed by atoms with E-state index in [0.717, 1.165) is 0 Å². The Labute approximate surface area is 835 Å². The summed E-state index contributed by atoms with van der Waals surface area (Å²) >= 11 is 0. The molecule has 62 heteroatoms. The van der Waals surface area contributed by atoms with Crippen molar-refractivity contribution in [1.29, 1.82) is 0 Å². The van der Waals surface area contributed by atoms with Crippen LogP contribution in [0.2, 0.25) is 0 Å². The van der Waals surface area contributed by atoms with Crippen molar-refractivity contribution in [3.63, 3.8) is 0 Å². The maximum atomic E-state index is 14.1. The number of nitrogens with zero attached hydrogens (tertiary/aromatic N) is 1. The maximum Gasteiger partial charge on any atom is 0.471 e. The molecule has 7 heterocycles. The second-order valence-corrected chi connectivity index (χ2v) is 34.7. The Morgan fingerprint density at radius 2 is 0.707 bits per heavy atom. The molecule has 1 aromatic heterocycles. The third kappa shape index (κ3) is 42.6. The third-order valence-electron chi connectivity index (χ3n) is 23.2. The van der Waals surface area contributed by atoms with Crippen LogP contribution in [0.5, 0.6) is 0 Å². The van der Waals surface area contributed by atoms with Gasteiger partial charge in [-0.05, 0) is 19.3 Å². The van der Waals surface area contributed by atoms with Gasteiger partial charge >= 0.3 is 36.3 Å². The Morgan fingerprint density at radius 3 is 1.01 bits per heavy atom. The number of fused-ring (bicyclic) bond motifs is 6. The number of H-pyrrole nitrogens is 1. The number of hydrogen-bond donors (Lipinski definition) is 18. The minimum atomic E-state index is -5.26. The highest BCUT2D eigenvalue weighted by Crippen LogP contribution is 2.41. The van der Waals surface area contributed by atoms with Gasteiger partial charge < -0.3 is 204 Å². The van der Waals surface area contributed by atoms with Gasteiger partial charge in [0.05, 0.1) is 250 Å². The lowest BCUT2D eigenvalue weighted by Gasteiger charge is -2.42. The molecule has 11 amide bonds. The smallest absolute Gasteiger partial charge is 0.388 e. The number of nitrogens with one attached hydrogen (secondary N) is 10. The molecular formula is C85H134F9N13O40. The molecule has 147 heavy (non-hydrogen) atoms. The lowest BCUT2D eigenvalue weighted by Crippen LogP contribution is -2.67. The Morgan fingerprint density at radius 1 is 0.395 bits per heavy atom. The first-order valence-electron chi connectivity index (χ1n) is 47.3. The first kappa shape index (κ1) is 124. The first-order chi connectivity index (χ1) is 70.1. The third-order valence-corrected chi connectivity index (χ3v) is 23.2. The number of amides is 11. The van der Waals surface area contributed by atoms with Gasteiger partial charge in [0.1, 0.15) is 89.2 Å². The molecular weight excluding hydrogens is 2010 g/mol. The number of aliphatic hydroxyl groups excluding tert-OH is 6. The molecule has 53 nitrogen and oxygen atoms in total. The average Bonchev–Trinajstić information content (AvgIpc) is 1.61. The van der Waals surface area contributed by atoms with Crippen molar-refractivity contribution in [3.05, 3.63) is 18.2 Å². The zero-order chi connectivity index (χ0) is 107. The van der Waals surface area contributed by atoms with Gasteiger partial charge in [-0.3, -0.25) is 52.7 Å². The van der Waals surface area contributed by atoms with Crippen LogP contribution in [-0.2, 0) is 168 Å². The molecule has 0 aromatic carbocycles. The van der Waals surface area contributed by atoms with Crippen molar-refractivity contribution in [2.45, 2.75) is 203 Å². The zero-order valence-electron chi connectivity index (χ0n) is 80.4. The topological polar surface area (TPSA) is 710 Å². The van der Waals surface area contributed by atoms with Gasteiger partial charge in [0.2, 0.25) is 47.3 Å². The fraction of sp³-hybridized carbons (Fsp3) is 0.835. The van der Waals surface area contributed by atoms with Gasteiger partial charge in [0, 0.05) is 76.5 Å². The monoisotopic (exact) mass is 2150 g/mol. The van der Waals surface area contributed by atoms with E-state index in [-0.39, 0.29) is 314 Å². The van der Waals surface area contributed by atoms with Crippen molar-refractivity contribution in [1.82, 2.24) is 57.8 Å². The molecule has 1 aliphatic carbocycles. The number of carbonyl (C=O) groups is 11. The van der Waals surface area contributed by atoms with Crippen LogP contribution in [-0.4, -0.2) is 495 Å². The van der Waals surface area contributed by atoms with Crippen LogP contribution in [0.15, 0.2) is 12.5 Å². The normalized spacial score (nSPS) is 25.6. The van der Waals surface area contributed by atoms with Crippen molar-refractivity contribution in [2.24, 2.45) is 11.5 Å². The van der Waals surface area contributed by atoms with Gasteiger partial charge in [-0.1, -0.05) is 0 Å². The number of carbonyl (C=O) groups excluding carboxylic acids is 11. The van der Waals surface area contributed by atoms with Crippen LogP contribution >= 0.6 is 0 Å². The highest BCUT2D eigenvalue weighted by Gasteiger charge is 2.64. The van der Waals surface area contributed by atoms with Gasteiger partial charge in [0.15, 0.2) is 18.9 Å². The van der Waals surface area contributed by atoms with Crippen LogP contribution in [0, 0.1) is 0 Å². The lowest BCUT2D eigenvalue weighted by molar-refractivity contribution is -0.240. The lowest BCUT2D eigenvalue weighted by atomic mass is 9.88. The molecule has 8 rings (SSSR count). The van der Waals surface area contributed by atoms with Gasteiger partial charge in [-0.2, -0.15) is 39.5 Å². The van der Waals surface area contributed by atoms with Gasteiger partial charge in [-0.25, -0.2) is 4.98 Å². The Balaban J connectivity index is 0.762. The van der Waals surface area contributed by atoms with Crippen LogP contribution < -0.4 is 59.3 Å². The quantitative estimate of drug-likeness (QED) is 0.0213. The molecule has 1 unspecified atom stereocenters. The number of nitrogens with two attached hydrogens (primary N) is 2. The van der Waals surface area contributed by atoms with E-state index in [2.05, 4.69) is 41.9 Å². The number of hydrogen-bond acceptors (Lipinski definition) is 41. The van der Waals surface area contributed by atoms with Crippen molar-refractivity contribution < 1.29 is 232 Å². The molecule has 7 aliphatic rings. The van der Waals surface area contributed by atoms with Crippen molar-refractivity contribution in [3.8, 4) is 0 Å². The molecule has 842 valence electrons. The zero-order valence-corrected chi connectivity index (χ0v) is 80.4. The minimum Gasteiger partial charge on any atom is -0.388 e. The molecule has 20 N–H and O–H groups in total. The molecule has 6 saturated heterocycles. The van der Waals surface area contributed by atoms with Crippen LogP contribution in [0.4, 0.5) is 39.5 Å². The number of rotatable bonds is 78. The van der Waals surface area contributed by atoms with Crippen molar-refractivity contribution in [2.75, 3.05) is 251 Å². The van der Waals surface area contributed by atoms with Gasteiger partial charge in [0.25, 0.3) is 0 Å². The van der Waals surface area contributed by atoms with E-state index in [0.29, 0.717) is 18.5 Å². The highest BCUT2D eigenvalue weighted by molar-refractivity contribution is 5.92. The number of imidazole rings is 1. The summed E-state index contributed by atoms with van der Waals surface area (Å²) in [6.45, 7) is -2.10. The van der Waals surface area contributed by atoms with Crippen LogP contribution in [0.1, 0.15) is 63.5 Å². The summed E-state index contributed by atoms with van der Waals surface area (Å²) in [5, 5.41) is 84.5. The largest absolute Gasteiger partial charge is 0.471 e.